The fraction of sp³-hybridized carbons (Fsp3) is 0.579. The third kappa shape index (κ3) is 4.49. The number of aryl methyl sites for hydroxylation is 3. The molecular weight excluding hydrogens is 304 g/mol. The lowest BCUT2D eigenvalue weighted by atomic mass is 9.86. The number of rotatable bonds is 5. The van der Waals surface area contributed by atoms with Crippen LogP contribution in [0.5, 0.6) is 0 Å². The average molecular weight is 332 g/mol. The Bertz CT molecular complexity index is 580. The molecule has 0 bridgehead atoms. The lowest BCUT2D eigenvalue weighted by molar-refractivity contribution is -0.142. The molecule has 0 spiro atoms. The second-order valence-electron chi connectivity index (χ2n) is 6.65. The van der Waals surface area contributed by atoms with Gasteiger partial charge in [0.05, 0.1) is 5.92 Å². The summed E-state index contributed by atoms with van der Waals surface area (Å²) >= 11 is 0. The number of hydrogen-bond donors (Lipinski definition) is 3. The summed E-state index contributed by atoms with van der Waals surface area (Å²) in [6.45, 7) is 6.25. The van der Waals surface area contributed by atoms with E-state index in [1.807, 2.05) is 0 Å². The second-order valence-corrected chi connectivity index (χ2v) is 6.65. The molecule has 132 valence electrons. The van der Waals surface area contributed by atoms with E-state index in [9.17, 15) is 9.59 Å². The van der Waals surface area contributed by atoms with E-state index in [-0.39, 0.29) is 18.0 Å². The first-order valence-corrected chi connectivity index (χ1v) is 8.87. The Balaban J connectivity index is 1.99. The summed E-state index contributed by atoms with van der Waals surface area (Å²) in [6, 6.07) is 4.10. The topological polar surface area (TPSA) is 78.4 Å². The number of carboxylic acid groups (broad SMARTS) is 1. The molecule has 0 radical (unpaired) electrons. The standard InChI is InChI=1S/C19H28N2O3/c1-4-13-10-12(3)11-14(5-2)17(13)21-19(24)20-16-8-6-15(7-9-16)18(22)23/h10-11,15-16H,4-9H2,1-3H3,(H,22,23)(H2,20,21,24). The number of aliphatic carboxylic acids is 1. The van der Waals surface area contributed by atoms with Crippen LogP contribution in [0.1, 0.15) is 56.2 Å². The van der Waals surface area contributed by atoms with E-state index in [1.54, 1.807) is 0 Å². The first-order chi connectivity index (χ1) is 11.4. The summed E-state index contributed by atoms with van der Waals surface area (Å²) in [5, 5.41) is 15.1. The maximum absolute atomic E-state index is 12.4. The van der Waals surface area contributed by atoms with E-state index in [4.69, 9.17) is 5.11 Å². The summed E-state index contributed by atoms with van der Waals surface area (Å²) in [5.74, 6) is -0.987. The third-order valence-electron chi connectivity index (χ3n) is 4.86. The van der Waals surface area contributed by atoms with Gasteiger partial charge in [-0.25, -0.2) is 4.79 Å². The van der Waals surface area contributed by atoms with Gasteiger partial charge in [0.2, 0.25) is 0 Å². The van der Waals surface area contributed by atoms with Crippen LogP contribution in [-0.2, 0) is 17.6 Å². The van der Waals surface area contributed by atoms with Crippen LogP contribution >= 0.6 is 0 Å². The normalized spacial score (nSPS) is 20.5. The molecule has 0 aromatic heterocycles. The van der Waals surface area contributed by atoms with Crippen LogP contribution in [0.2, 0.25) is 0 Å². The van der Waals surface area contributed by atoms with Gasteiger partial charge in [-0.3, -0.25) is 4.79 Å². The van der Waals surface area contributed by atoms with Crippen molar-refractivity contribution in [3.8, 4) is 0 Å². The molecular formula is C19H28N2O3. The Kier molecular flexibility index (Phi) is 6.23. The monoisotopic (exact) mass is 332 g/mol. The lowest BCUT2D eigenvalue weighted by Gasteiger charge is -2.27. The van der Waals surface area contributed by atoms with E-state index in [1.165, 1.54) is 5.56 Å². The highest BCUT2D eigenvalue weighted by atomic mass is 16.4. The number of hydrogen-bond acceptors (Lipinski definition) is 2. The molecule has 1 aromatic rings. The summed E-state index contributed by atoms with van der Waals surface area (Å²) in [5.41, 5.74) is 4.43. The molecule has 1 aliphatic carbocycles. The molecule has 0 saturated heterocycles. The molecule has 1 aromatic carbocycles. The van der Waals surface area contributed by atoms with Crippen LogP contribution < -0.4 is 10.6 Å². The van der Waals surface area contributed by atoms with Crippen molar-refractivity contribution in [3.63, 3.8) is 0 Å². The van der Waals surface area contributed by atoms with E-state index in [2.05, 4.69) is 43.5 Å². The largest absolute Gasteiger partial charge is 0.481 e. The van der Waals surface area contributed by atoms with Crippen LogP contribution in [0.3, 0.4) is 0 Å². The Labute approximate surface area is 143 Å². The molecule has 0 heterocycles. The number of carbonyl (C=O) groups excluding carboxylic acids is 1. The van der Waals surface area contributed by atoms with Gasteiger partial charge in [-0.15, -0.1) is 0 Å². The predicted octanol–water partition coefficient (Wildman–Crippen LogP) is 3.88. The Morgan fingerprint density at radius 2 is 1.62 bits per heavy atom. The third-order valence-corrected chi connectivity index (χ3v) is 4.86. The maximum Gasteiger partial charge on any atom is 0.319 e. The first-order valence-electron chi connectivity index (χ1n) is 8.87. The summed E-state index contributed by atoms with van der Waals surface area (Å²) in [7, 11) is 0. The fourth-order valence-electron chi connectivity index (χ4n) is 3.48. The van der Waals surface area contributed by atoms with Gasteiger partial charge in [0.1, 0.15) is 0 Å². The van der Waals surface area contributed by atoms with Crippen molar-refractivity contribution in [2.24, 2.45) is 5.92 Å². The lowest BCUT2D eigenvalue weighted by Crippen LogP contribution is -2.41. The van der Waals surface area contributed by atoms with Crippen molar-refractivity contribution in [2.45, 2.75) is 65.3 Å². The number of benzene rings is 1. The smallest absolute Gasteiger partial charge is 0.319 e. The van der Waals surface area contributed by atoms with Gasteiger partial charge in [0.25, 0.3) is 0 Å². The summed E-state index contributed by atoms with van der Waals surface area (Å²) in [4.78, 5) is 23.4. The summed E-state index contributed by atoms with van der Waals surface area (Å²) < 4.78 is 0. The molecule has 0 aliphatic heterocycles. The highest BCUT2D eigenvalue weighted by Gasteiger charge is 2.26. The van der Waals surface area contributed by atoms with Gasteiger partial charge in [0, 0.05) is 11.7 Å². The minimum atomic E-state index is -0.724. The van der Waals surface area contributed by atoms with Gasteiger partial charge in [-0.1, -0.05) is 31.5 Å². The SMILES string of the molecule is CCc1cc(C)cc(CC)c1NC(=O)NC1CCC(C(=O)O)CC1. The van der Waals surface area contributed by atoms with Crippen LogP contribution in [0.4, 0.5) is 10.5 Å². The van der Waals surface area contributed by atoms with Gasteiger partial charge in [-0.2, -0.15) is 0 Å². The van der Waals surface area contributed by atoms with Crippen molar-refractivity contribution in [1.82, 2.24) is 5.32 Å². The number of carbonyl (C=O) groups is 2. The van der Waals surface area contributed by atoms with Gasteiger partial charge >= 0.3 is 12.0 Å². The van der Waals surface area contributed by atoms with E-state index in [0.29, 0.717) is 12.8 Å². The quantitative estimate of drug-likeness (QED) is 0.765. The van der Waals surface area contributed by atoms with Crippen molar-refractivity contribution < 1.29 is 14.7 Å². The van der Waals surface area contributed by atoms with Gasteiger partial charge < -0.3 is 15.7 Å². The molecule has 1 aliphatic rings. The van der Waals surface area contributed by atoms with Gasteiger partial charge in [-0.05, 0) is 56.6 Å². The average Bonchev–Trinajstić information content (AvgIpc) is 2.56. The fourth-order valence-corrected chi connectivity index (χ4v) is 3.48. The van der Waals surface area contributed by atoms with Crippen molar-refractivity contribution in [1.29, 1.82) is 0 Å². The van der Waals surface area contributed by atoms with Crippen molar-refractivity contribution in [2.75, 3.05) is 5.32 Å². The second kappa shape index (κ2) is 8.18. The Morgan fingerprint density at radius 1 is 1.08 bits per heavy atom. The van der Waals surface area contributed by atoms with E-state index >= 15 is 0 Å². The zero-order chi connectivity index (χ0) is 17.7. The van der Waals surface area contributed by atoms with Crippen molar-refractivity contribution in [3.05, 3.63) is 28.8 Å². The zero-order valence-electron chi connectivity index (χ0n) is 14.8. The number of amides is 2. The van der Waals surface area contributed by atoms with Crippen LogP contribution in [0, 0.1) is 12.8 Å². The van der Waals surface area contributed by atoms with Crippen molar-refractivity contribution >= 4 is 17.7 Å². The van der Waals surface area contributed by atoms with Crippen LogP contribution in [0.25, 0.3) is 0 Å². The van der Waals surface area contributed by atoms with E-state index < -0.39 is 5.97 Å². The molecule has 5 nitrogen and oxygen atoms in total. The molecule has 0 unspecified atom stereocenters. The molecule has 2 amide bonds. The Hall–Kier alpha value is -2.04. The first kappa shape index (κ1) is 18.3. The molecule has 3 N–H and O–H groups in total. The molecule has 1 saturated carbocycles. The highest BCUT2D eigenvalue weighted by molar-refractivity contribution is 5.91. The number of nitrogens with one attached hydrogen (secondary N) is 2. The van der Waals surface area contributed by atoms with Gasteiger partial charge in [0.15, 0.2) is 0 Å². The Morgan fingerprint density at radius 3 is 2.08 bits per heavy atom. The number of anilines is 1. The zero-order valence-corrected chi connectivity index (χ0v) is 14.8. The molecule has 1 fully saturated rings. The molecule has 0 atom stereocenters. The highest BCUT2D eigenvalue weighted by Crippen LogP contribution is 2.26. The number of urea groups is 1. The minimum absolute atomic E-state index is 0.0567. The van der Waals surface area contributed by atoms with E-state index in [0.717, 1.165) is 42.5 Å². The maximum atomic E-state index is 12.4. The molecule has 5 heteroatoms. The molecule has 2 rings (SSSR count). The number of carboxylic acids is 1. The predicted molar refractivity (Wildman–Crippen MR) is 95.5 cm³/mol. The van der Waals surface area contributed by atoms with Crippen LogP contribution in [0.15, 0.2) is 12.1 Å². The summed E-state index contributed by atoms with van der Waals surface area (Å²) in [6.07, 6.45) is 4.44. The molecule has 24 heavy (non-hydrogen) atoms. The minimum Gasteiger partial charge on any atom is -0.481 e. The van der Waals surface area contributed by atoms with Crippen LogP contribution in [-0.4, -0.2) is 23.1 Å².